The second-order valence-corrected chi connectivity index (χ2v) is 12.4. The Morgan fingerprint density at radius 2 is 1.56 bits per heavy atom. The van der Waals surface area contributed by atoms with Gasteiger partial charge in [0.2, 0.25) is 19.8 Å². The smallest absolute Gasteiger partial charge is 0.349 e. The van der Waals surface area contributed by atoms with Gasteiger partial charge in [0.1, 0.15) is 53.1 Å². The summed E-state index contributed by atoms with van der Waals surface area (Å²) in [5.74, 6) is -6.39. The standard InChI is InChI=1S/C22H25B7ClF2N3O4/c23-20(24)14(16(37)35(29)18(39)21(20,25)26)34-8-9-7-11(3-6-13(9)15(34)36)22(27,28)33-17(38)19(31,32)10-1-4-12(30)5-2-10/h1-7,14H,8,23-29H2,(H,33,38). The van der Waals surface area contributed by atoms with Crippen molar-refractivity contribution in [1.82, 2.24) is 15.0 Å². The molecule has 1 fully saturated rings. The van der Waals surface area contributed by atoms with Gasteiger partial charge in [0, 0.05) is 28.0 Å². The van der Waals surface area contributed by atoms with E-state index in [1.807, 2.05) is 15.7 Å². The molecule has 0 aliphatic carbocycles. The fourth-order valence-electron chi connectivity index (χ4n) is 5.32. The van der Waals surface area contributed by atoms with Gasteiger partial charge in [-0.1, -0.05) is 41.1 Å². The number of rotatable bonds is 5. The molecule has 2 aromatic carbocycles. The van der Waals surface area contributed by atoms with Gasteiger partial charge in [-0.3, -0.25) is 19.2 Å². The quantitative estimate of drug-likeness (QED) is 0.305. The SMILES string of the molecule is BN1C(=O)C(N2Cc3cc(C(B)(B)NC(=O)C(F)(F)c4ccc(Cl)cc4)ccc3C2=O)C(B)(B)C(B)(B)C1=O. The highest BCUT2D eigenvalue weighted by molar-refractivity contribution is 6.65. The normalized spacial score (nSPS) is 20.6. The molecular formula is C22H25B7ClF2N3O4. The van der Waals surface area contributed by atoms with Crippen LogP contribution in [0.5, 0.6) is 0 Å². The van der Waals surface area contributed by atoms with Crippen molar-refractivity contribution < 1.29 is 28.0 Å². The monoisotopic (exact) mass is 545 g/mol. The molecule has 2 aliphatic heterocycles. The van der Waals surface area contributed by atoms with E-state index in [-0.39, 0.29) is 23.4 Å². The molecule has 0 aromatic heterocycles. The van der Waals surface area contributed by atoms with Crippen LogP contribution in [0.15, 0.2) is 42.5 Å². The first-order valence-corrected chi connectivity index (χ1v) is 12.9. The molecule has 2 heterocycles. The molecule has 0 radical (unpaired) electrons. The fraction of sp³-hybridized carbons (Fsp3) is 0.273. The number of carbonyl (C=O) groups is 4. The molecule has 1 saturated heterocycles. The topological polar surface area (TPSA) is 86.8 Å². The maximum Gasteiger partial charge on any atom is 0.349 e. The number of nitrogens with zero attached hydrogens (tertiary/aromatic N) is 2. The van der Waals surface area contributed by atoms with Gasteiger partial charge in [-0.2, -0.15) is 8.78 Å². The lowest BCUT2D eigenvalue weighted by Crippen LogP contribution is -2.67. The molecule has 17 heteroatoms. The molecule has 39 heavy (non-hydrogen) atoms. The van der Waals surface area contributed by atoms with E-state index in [9.17, 15) is 28.0 Å². The van der Waals surface area contributed by atoms with Crippen LogP contribution in [0.4, 0.5) is 8.78 Å². The summed E-state index contributed by atoms with van der Waals surface area (Å²) in [6, 6.07) is 8.78. The number of piperidine rings is 1. The van der Waals surface area contributed by atoms with E-state index < -0.39 is 45.1 Å². The fourth-order valence-corrected chi connectivity index (χ4v) is 5.44. The minimum Gasteiger partial charge on any atom is -0.357 e. The van der Waals surface area contributed by atoms with E-state index in [0.717, 1.165) is 16.9 Å². The molecule has 2 aliphatic rings. The summed E-state index contributed by atoms with van der Waals surface area (Å²) < 4.78 is 29.8. The van der Waals surface area contributed by atoms with E-state index >= 15 is 0 Å². The van der Waals surface area contributed by atoms with Crippen LogP contribution in [0, 0.1) is 0 Å². The van der Waals surface area contributed by atoms with Crippen molar-refractivity contribution in [3.05, 3.63) is 69.7 Å². The number of fused-ring (bicyclic) bond motifs is 1. The summed E-state index contributed by atoms with van der Waals surface area (Å²) in [6.07, 6.45) is 0. The highest BCUT2D eigenvalue weighted by Gasteiger charge is 2.59. The number of benzene rings is 2. The van der Waals surface area contributed by atoms with Crippen LogP contribution >= 0.6 is 11.6 Å². The first-order valence-electron chi connectivity index (χ1n) is 12.6. The molecule has 4 rings (SSSR count). The molecule has 0 bridgehead atoms. The Balaban J connectivity index is 1.61. The molecule has 2 aromatic rings. The van der Waals surface area contributed by atoms with Crippen LogP contribution in [0.3, 0.4) is 0 Å². The highest BCUT2D eigenvalue weighted by atomic mass is 35.5. The molecular weight excluding hydrogens is 519 g/mol. The minimum atomic E-state index is -3.80. The zero-order valence-electron chi connectivity index (χ0n) is 23.0. The minimum absolute atomic E-state index is 0.102. The van der Waals surface area contributed by atoms with Crippen molar-refractivity contribution in [3.8, 4) is 0 Å². The van der Waals surface area contributed by atoms with Gasteiger partial charge in [-0.05, 0) is 34.5 Å². The van der Waals surface area contributed by atoms with Crippen molar-refractivity contribution in [2.24, 2.45) is 0 Å². The van der Waals surface area contributed by atoms with E-state index in [1.54, 1.807) is 49.6 Å². The van der Waals surface area contributed by atoms with Crippen LogP contribution in [-0.4, -0.2) is 94.4 Å². The number of halogens is 3. The molecule has 0 spiro atoms. The molecule has 194 valence electrons. The van der Waals surface area contributed by atoms with Crippen molar-refractivity contribution in [1.29, 1.82) is 0 Å². The lowest BCUT2D eigenvalue weighted by atomic mass is 9.26. The Kier molecular flexibility index (Phi) is 6.98. The summed E-state index contributed by atoms with van der Waals surface area (Å²) in [5.41, 5.74) is 1.01. The Labute approximate surface area is 237 Å². The van der Waals surface area contributed by atoms with Gasteiger partial charge >= 0.3 is 5.92 Å². The zero-order chi connectivity index (χ0) is 29.3. The molecule has 1 unspecified atom stereocenters. The summed E-state index contributed by atoms with van der Waals surface area (Å²) in [6.45, 7) is 0.102. The highest BCUT2D eigenvalue weighted by Crippen LogP contribution is 2.52. The third-order valence-electron chi connectivity index (χ3n) is 8.59. The van der Waals surface area contributed by atoms with E-state index in [2.05, 4.69) is 5.32 Å². The molecule has 7 nitrogen and oxygen atoms in total. The largest absolute Gasteiger partial charge is 0.357 e. The van der Waals surface area contributed by atoms with Gasteiger partial charge in [-0.15, -0.1) is 0 Å². The van der Waals surface area contributed by atoms with Gasteiger partial charge in [0.25, 0.3) is 11.8 Å². The van der Waals surface area contributed by atoms with Gasteiger partial charge in [-0.25, -0.2) is 0 Å². The van der Waals surface area contributed by atoms with Crippen LogP contribution in [0.2, 0.25) is 15.5 Å². The first-order chi connectivity index (χ1) is 17.8. The number of hydrogen-bond acceptors (Lipinski definition) is 4. The molecule has 1 N–H and O–H groups in total. The molecule has 1 atom stereocenters. The second-order valence-electron chi connectivity index (χ2n) is 11.9. The van der Waals surface area contributed by atoms with Crippen molar-refractivity contribution in [3.63, 3.8) is 0 Å². The van der Waals surface area contributed by atoms with Crippen LogP contribution < -0.4 is 5.32 Å². The number of alkyl halides is 2. The van der Waals surface area contributed by atoms with Crippen LogP contribution in [-0.2, 0) is 32.2 Å². The number of imide groups is 1. The summed E-state index contributed by atoms with van der Waals surface area (Å²) in [7, 11) is 11.8. The van der Waals surface area contributed by atoms with E-state index in [1.165, 1.54) is 25.0 Å². The number of amides is 4. The number of hydrogen-bond donors (Lipinski definition) is 1. The first kappa shape index (κ1) is 29.1. The lowest BCUT2D eigenvalue weighted by Gasteiger charge is -2.54. The Morgan fingerprint density at radius 3 is 2.15 bits per heavy atom. The average molecular weight is 545 g/mol. The Morgan fingerprint density at radius 1 is 1.00 bits per heavy atom. The third-order valence-corrected chi connectivity index (χ3v) is 8.84. The maximum atomic E-state index is 14.9. The average Bonchev–Trinajstić information content (AvgIpc) is 3.17. The van der Waals surface area contributed by atoms with Crippen LogP contribution in [0.25, 0.3) is 0 Å². The third kappa shape index (κ3) is 4.54. The Bertz CT molecular complexity index is 1410. The molecule has 4 amide bonds. The summed E-state index contributed by atoms with van der Waals surface area (Å²) >= 11 is 5.79. The number of carbonyl (C=O) groups excluding carboxylic acids is 4. The molecule has 0 saturated carbocycles. The predicted octanol–water partition coefficient (Wildman–Crippen LogP) is -4.37. The second kappa shape index (κ2) is 9.35. The Hall–Kier alpha value is -2.88. The number of nitrogens with one attached hydrogen (secondary N) is 1. The van der Waals surface area contributed by atoms with Gasteiger partial charge < -0.3 is 15.0 Å². The predicted molar refractivity (Wildman–Crippen MR) is 162 cm³/mol. The van der Waals surface area contributed by atoms with Gasteiger partial charge in [0.05, 0.1) is 0 Å². The maximum absolute atomic E-state index is 14.9. The van der Waals surface area contributed by atoms with E-state index in [4.69, 9.17) is 11.6 Å². The van der Waals surface area contributed by atoms with Crippen LogP contribution in [0.1, 0.15) is 27.0 Å². The summed E-state index contributed by atoms with van der Waals surface area (Å²) in [4.78, 5) is 54.9. The van der Waals surface area contributed by atoms with E-state index in [0.29, 0.717) is 16.7 Å². The summed E-state index contributed by atoms with van der Waals surface area (Å²) in [5, 5.41) is -0.295. The van der Waals surface area contributed by atoms with Crippen molar-refractivity contribution >= 4 is 90.3 Å². The zero-order valence-corrected chi connectivity index (χ0v) is 23.7. The lowest BCUT2D eigenvalue weighted by molar-refractivity contribution is -0.148. The van der Waals surface area contributed by atoms with Crippen molar-refractivity contribution in [2.45, 2.75) is 34.3 Å². The van der Waals surface area contributed by atoms with Gasteiger partial charge in [0.15, 0.2) is 0 Å². The van der Waals surface area contributed by atoms with Crippen molar-refractivity contribution in [2.75, 3.05) is 0 Å².